The normalized spacial score (nSPS) is 11.4. The Hall–Kier alpha value is -2.40. The van der Waals surface area contributed by atoms with Gasteiger partial charge in [-0.25, -0.2) is 9.37 Å². The molecular weight excluding hydrogens is 297 g/mol. The molecule has 0 aliphatic rings. The van der Waals surface area contributed by atoms with E-state index in [-0.39, 0.29) is 5.82 Å². The first-order valence-corrected chi connectivity index (χ1v) is 8.04. The number of benzene rings is 2. The van der Waals surface area contributed by atoms with Gasteiger partial charge in [-0.3, -0.25) is 4.98 Å². The van der Waals surface area contributed by atoms with Gasteiger partial charge in [-0.2, -0.15) is 0 Å². The second kappa shape index (κ2) is 5.10. The Morgan fingerprint density at radius 1 is 1.09 bits per heavy atom. The van der Waals surface area contributed by atoms with Crippen molar-refractivity contribution in [2.75, 3.05) is 6.26 Å². The third-order valence-electron chi connectivity index (χ3n) is 3.67. The predicted molar refractivity (Wildman–Crippen MR) is 88.6 cm³/mol. The summed E-state index contributed by atoms with van der Waals surface area (Å²) in [5.74, 6) is 0.245. The summed E-state index contributed by atoms with van der Waals surface area (Å²) in [6, 6.07) is 11.2. The van der Waals surface area contributed by atoms with Gasteiger partial charge in [-0.1, -0.05) is 6.07 Å². The minimum atomic E-state index is -0.280. The number of imidazole rings is 1. The maximum absolute atomic E-state index is 14.5. The molecule has 22 heavy (non-hydrogen) atoms. The molecule has 0 spiro atoms. The summed E-state index contributed by atoms with van der Waals surface area (Å²) < 4.78 is 14.5. The Labute approximate surface area is 130 Å². The summed E-state index contributed by atoms with van der Waals surface area (Å²) in [5.41, 5.74) is 2.05. The zero-order valence-corrected chi connectivity index (χ0v) is 12.6. The van der Waals surface area contributed by atoms with Crippen LogP contribution in [-0.4, -0.2) is 21.2 Å². The highest BCUT2D eigenvalue weighted by molar-refractivity contribution is 7.98. The summed E-state index contributed by atoms with van der Waals surface area (Å²) in [7, 11) is 0. The lowest BCUT2D eigenvalue weighted by molar-refractivity contribution is 0.632. The Bertz CT molecular complexity index is 961. The van der Waals surface area contributed by atoms with Gasteiger partial charge in [0, 0.05) is 11.1 Å². The molecular formula is C17H12FN3S. The maximum Gasteiger partial charge on any atom is 0.141 e. The number of hydrogen-bond acceptors (Lipinski definition) is 3. The van der Waals surface area contributed by atoms with Crippen LogP contribution in [0.4, 0.5) is 4.39 Å². The number of fused-ring (bicyclic) bond motifs is 2. The lowest BCUT2D eigenvalue weighted by Gasteiger charge is -2.05. The molecule has 0 aliphatic heterocycles. The van der Waals surface area contributed by atoms with Crippen LogP contribution in [0.5, 0.6) is 0 Å². The van der Waals surface area contributed by atoms with Crippen molar-refractivity contribution in [3.8, 4) is 11.4 Å². The number of nitrogens with zero attached hydrogens (tertiary/aromatic N) is 2. The Balaban J connectivity index is 1.92. The number of nitrogens with one attached hydrogen (secondary N) is 1. The molecule has 0 saturated heterocycles. The lowest BCUT2D eigenvalue weighted by Crippen LogP contribution is -1.88. The lowest BCUT2D eigenvalue weighted by atomic mass is 10.1. The van der Waals surface area contributed by atoms with Crippen molar-refractivity contribution in [3.63, 3.8) is 0 Å². The van der Waals surface area contributed by atoms with Crippen molar-refractivity contribution in [1.29, 1.82) is 0 Å². The molecule has 0 amide bonds. The summed E-state index contributed by atoms with van der Waals surface area (Å²) >= 11 is 1.65. The van der Waals surface area contributed by atoms with Gasteiger partial charge in [0.05, 0.1) is 22.8 Å². The SMILES string of the molecule is CSc1ccc2cc(-c3nc4ccncc4[nH]3)c(F)cc2c1. The number of H-pyrrole nitrogens is 1. The smallest absolute Gasteiger partial charge is 0.141 e. The minimum absolute atomic E-state index is 0.280. The zero-order chi connectivity index (χ0) is 15.1. The number of pyridine rings is 1. The van der Waals surface area contributed by atoms with E-state index in [0.29, 0.717) is 11.4 Å². The maximum atomic E-state index is 14.5. The van der Waals surface area contributed by atoms with Crippen molar-refractivity contribution in [1.82, 2.24) is 15.0 Å². The third-order valence-corrected chi connectivity index (χ3v) is 4.40. The highest BCUT2D eigenvalue weighted by atomic mass is 32.2. The van der Waals surface area contributed by atoms with Gasteiger partial charge in [-0.15, -0.1) is 11.8 Å². The largest absolute Gasteiger partial charge is 0.337 e. The fourth-order valence-corrected chi connectivity index (χ4v) is 2.99. The van der Waals surface area contributed by atoms with Crippen LogP contribution in [0.25, 0.3) is 33.2 Å². The highest BCUT2D eigenvalue weighted by Crippen LogP contribution is 2.29. The van der Waals surface area contributed by atoms with Crippen LogP contribution in [0.2, 0.25) is 0 Å². The van der Waals surface area contributed by atoms with Gasteiger partial charge >= 0.3 is 0 Å². The molecule has 108 valence electrons. The third kappa shape index (κ3) is 2.14. The van der Waals surface area contributed by atoms with E-state index >= 15 is 0 Å². The number of halogens is 1. The molecule has 0 bridgehead atoms. The summed E-state index contributed by atoms with van der Waals surface area (Å²) in [6.45, 7) is 0. The molecule has 0 fully saturated rings. The molecule has 0 radical (unpaired) electrons. The second-order valence-electron chi connectivity index (χ2n) is 5.02. The van der Waals surface area contributed by atoms with E-state index < -0.39 is 0 Å². The van der Waals surface area contributed by atoms with Crippen LogP contribution < -0.4 is 0 Å². The number of aromatic amines is 1. The van der Waals surface area contributed by atoms with Gasteiger partial charge in [0.15, 0.2) is 0 Å². The Morgan fingerprint density at radius 2 is 2.00 bits per heavy atom. The standard InChI is InChI=1S/C17H12FN3S/c1-22-12-3-2-10-7-13(14(18)8-11(10)6-12)17-20-15-4-5-19-9-16(15)21-17/h2-9H,1H3,(H,20,21). The Morgan fingerprint density at radius 3 is 2.82 bits per heavy atom. The summed E-state index contributed by atoms with van der Waals surface area (Å²) in [6.07, 6.45) is 5.37. The molecule has 1 N–H and O–H groups in total. The first-order valence-electron chi connectivity index (χ1n) is 6.82. The van der Waals surface area contributed by atoms with Crippen LogP contribution in [0, 0.1) is 5.82 Å². The van der Waals surface area contributed by atoms with Crippen LogP contribution >= 0.6 is 11.8 Å². The van der Waals surface area contributed by atoms with Crippen molar-refractivity contribution in [2.24, 2.45) is 0 Å². The molecule has 0 atom stereocenters. The van der Waals surface area contributed by atoms with E-state index in [1.54, 1.807) is 36.3 Å². The molecule has 0 unspecified atom stereocenters. The molecule has 2 heterocycles. The second-order valence-corrected chi connectivity index (χ2v) is 5.90. The van der Waals surface area contributed by atoms with E-state index in [1.807, 2.05) is 30.5 Å². The number of thioether (sulfide) groups is 1. The number of rotatable bonds is 2. The average Bonchev–Trinajstić information content (AvgIpc) is 2.97. The monoisotopic (exact) mass is 309 g/mol. The zero-order valence-electron chi connectivity index (χ0n) is 11.8. The van der Waals surface area contributed by atoms with Gasteiger partial charge in [-0.05, 0) is 47.4 Å². The molecule has 4 aromatic rings. The van der Waals surface area contributed by atoms with Crippen molar-refractivity contribution in [2.45, 2.75) is 4.90 Å². The summed E-state index contributed by atoms with van der Waals surface area (Å²) in [4.78, 5) is 12.7. The van der Waals surface area contributed by atoms with Gasteiger partial charge in [0.25, 0.3) is 0 Å². The molecule has 2 aromatic carbocycles. The quantitative estimate of drug-likeness (QED) is 0.548. The number of aromatic nitrogens is 3. The van der Waals surface area contributed by atoms with Crippen molar-refractivity contribution >= 4 is 33.6 Å². The molecule has 2 aromatic heterocycles. The average molecular weight is 309 g/mol. The predicted octanol–water partition coefficient (Wildman–Crippen LogP) is 4.64. The van der Waals surface area contributed by atoms with Gasteiger partial charge in [0.2, 0.25) is 0 Å². The van der Waals surface area contributed by atoms with Gasteiger partial charge in [0.1, 0.15) is 11.6 Å². The van der Waals surface area contributed by atoms with Crippen LogP contribution in [0.15, 0.2) is 53.7 Å². The van der Waals surface area contributed by atoms with E-state index in [9.17, 15) is 4.39 Å². The van der Waals surface area contributed by atoms with Crippen molar-refractivity contribution in [3.05, 3.63) is 54.6 Å². The fourth-order valence-electron chi connectivity index (χ4n) is 2.54. The Kier molecular flexibility index (Phi) is 3.08. The minimum Gasteiger partial charge on any atom is -0.337 e. The number of hydrogen-bond donors (Lipinski definition) is 1. The van der Waals surface area contributed by atoms with Crippen LogP contribution in [0.1, 0.15) is 0 Å². The topological polar surface area (TPSA) is 41.6 Å². The van der Waals surface area contributed by atoms with Crippen LogP contribution in [-0.2, 0) is 0 Å². The molecule has 5 heteroatoms. The van der Waals surface area contributed by atoms with Gasteiger partial charge < -0.3 is 4.98 Å². The molecule has 0 aliphatic carbocycles. The van der Waals surface area contributed by atoms with E-state index in [0.717, 1.165) is 26.7 Å². The fraction of sp³-hybridized carbons (Fsp3) is 0.0588. The van der Waals surface area contributed by atoms with Crippen molar-refractivity contribution < 1.29 is 4.39 Å². The van der Waals surface area contributed by atoms with E-state index in [2.05, 4.69) is 15.0 Å². The molecule has 3 nitrogen and oxygen atoms in total. The first kappa shape index (κ1) is 13.3. The summed E-state index contributed by atoms with van der Waals surface area (Å²) in [5, 5.41) is 1.89. The van der Waals surface area contributed by atoms with E-state index in [4.69, 9.17) is 0 Å². The van der Waals surface area contributed by atoms with Crippen LogP contribution in [0.3, 0.4) is 0 Å². The first-order chi connectivity index (χ1) is 10.7. The molecule has 0 saturated carbocycles. The molecule has 4 rings (SSSR count). The highest BCUT2D eigenvalue weighted by Gasteiger charge is 2.12. The van der Waals surface area contributed by atoms with E-state index in [1.165, 1.54) is 0 Å².